The topological polar surface area (TPSA) is 58.7 Å². The lowest BCUT2D eigenvalue weighted by Gasteiger charge is -2.17. The summed E-state index contributed by atoms with van der Waals surface area (Å²) in [7, 11) is 0. The number of likely N-dealkylation sites (tertiary alicyclic amines) is 1. The van der Waals surface area contributed by atoms with Crippen molar-refractivity contribution >= 4 is 0 Å². The fraction of sp³-hybridized carbons (Fsp3) is 0.625. The Morgan fingerprint density at radius 2 is 2.25 bits per heavy atom. The second-order valence-electron chi connectivity index (χ2n) is 5.60. The van der Waals surface area contributed by atoms with Crippen LogP contribution in [0.2, 0.25) is 0 Å². The molecule has 3 N–H and O–H groups in total. The monoisotopic (exact) mass is 278 g/mol. The molecule has 1 aliphatic rings. The Kier molecular flexibility index (Phi) is 5.83. The number of benzene rings is 1. The summed E-state index contributed by atoms with van der Waals surface area (Å²) in [5.74, 6) is 1.34. The number of nitrogens with two attached hydrogens (primary N) is 1. The van der Waals surface area contributed by atoms with Gasteiger partial charge in [0, 0.05) is 25.2 Å². The Bertz CT molecular complexity index is 409. The number of rotatable bonds is 7. The maximum absolute atomic E-state index is 9.58. The van der Waals surface area contributed by atoms with Gasteiger partial charge in [0.15, 0.2) is 0 Å². The molecule has 1 heterocycles. The van der Waals surface area contributed by atoms with E-state index in [0.29, 0.717) is 19.1 Å². The van der Waals surface area contributed by atoms with E-state index in [4.69, 9.17) is 10.5 Å². The first-order chi connectivity index (χ1) is 9.70. The van der Waals surface area contributed by atoms with Gasteiger partial charge < -0.3 is 20.5 Å². The van der Waals surface area contributed by atoms with Gasteiger partial charge in [-0.3, -0.25) is 0 Å². The molecule has 2 unspecified atom stereocenters. The molecule has 0 radical (unpaired) electrons. The highest BCUT2D eigenvalue weighted by Crippen LogP contribution is 2.20. The first kappa shape index (κ1) is 15.3. The quantitative estimate of drug-likeness (QED) is 0.744. The largest absolute Gasteiger partial charge is 0.493 e. The summed E-state index contributed by atoms with van der Waals surface area (Å²) in [4.78, 5) is 2.41. The zero-order valence-electron chi connectivity index (χ0n) is 12.3. The molecule has 0 spiro atoms. The first-order valence-corrected chi connectivity index (χ1v) is 7.52. The van der Waals surface area contributed by atoms with Crippen molar-refractivity contribution in [2.45, 2.75) is 32.4 Å². The summed E-state index contributed by atoms with van der Waals surface area (Å²) in [6.07, 6.45) is 1.92. The smallest absolute Gasteiger partial charge is 0.123 e. The lowest BCUT2D eigenvalue weighted by molar-refractivity contribution is 0.127. The van der Waals surface area contributed by atoms with E-state index in [-0.39, 0.29) is 6.10 Å². The van der Waals surface area contributed by atoms with Crippen molar-refractivity contribution in [3.05, 3.63) is 29.8 Å². The van der Waals surface area contributed by atoms with Crippen LogP contribution in [0.3, 0.4) is 0 Å². The van der Waals surface area contributed by atoms with E-state index in [1.54, 1.807) is 0 Å². The van der Waals surface area contributed by atoms with Gasteiger partial charge >= 0.3 is 0 Å². The summed E-state index contributed by atoms with van der Waals surface area (Å²) >= 11 is 0. The Labute approximate surface area is 121 Å². The molecule has 1 fully saturated rings. The summed E-state index contributed by atoms with van der Waals surface area (Å²) in [6.45, 7) is 6.26. The van der Waals surface area contributed by atoms with E-state index in [2.05, 4.69) is 4.90 Å². The zero-order valence-corrected chi connectivity index (χ0v) is 12.3. The lowest BCUT2D eigenvalue weighted by Crippen LogP contribution is -2.26. The average Bonchev–Trinajstić information content (AvgIpc) is 2.93. The van der Waals surface area contributed by atoms with Gasteiger partial charge in [0.25, 0.3) is 0 Å². The molecule has 20 heavy (non-hydrogen) atoms. The molecule has 4 nitrogen and oxygen atoms in total. The van der Waals surface area contributed by atoms with Crippen LogP contribution in [0.5, 0.6) is 5.75 Å². The zero-order chi connectivity index (χ0) is 14.4. The molecule has 1 aromatic rings. The standard InChI is InChI=1S/C16H26N2O2/c1-13(19)15-7-9-18(12-15)8-4-10-20-16-6-3-2-5-14(16)11-17/h2-3,5-6,13,15,19H,4,7-12,17H2,1H3. The highest BCUT2D eigenvalue weighted by Gasteiger charge is 2.25. The lowest BCUT2D eigenvalue weighted by atomic mass is 10.0. The maximum atomic E-state index is 9.58. The number of para-hydroxylation sites is 1. The third kappa shape index (κ3) is 4.20. The van der Waals surface area contributed by atoms with Crippen molar-refractivity contribution < 1.29 is 9.84 Å². The molecule has 0 saturated carbocycles. The maximum Gasteiger partial charge on any atom is 0.123 e. The molecule has 2 rings (SSSR count). The minimum absolute atomic E-state index is 0.187. The second kappa shape index (κ2) is 7.62. The number of nitrogens with zero attached hydrogens (tertiary/aromatic N) is 1. The van der Waals surface area contributed by atoms with Crippen LogP contribution in [-0.2, 0) is 6.54 Å². The van der Waals surface area contributed by atoms with Gasteiger partial charge in [-0.2, -0.15) is 0 Å². The summed E-state index contributed by atoms with van der Waals surface area (Å²) < 4.78 is 5.81. The molecule has 112 valence electrons. The Hall–Kier alpha value is -1.10. The molecule has 1 aromatic carbocycles. The highest BCUT2D eigenvalue weighted by atomic mass is 16.5. The summed E-state index contributed by atoms with van der Waals surface area (Å²) in [6, 6.07) is 7.93. The van der Waals surface area contributed by atoms with E-state index in [9.17, 15) is 5.11 Å². The van der Waals surface area contributed by atoms with Gasteiger partial charge in [0.05, 0.1) is 12.7 Å². The van der Waals surface area contributed by atoms with Crippen molar-refractivity contribution in [2.75, 3.05) is 26.2 Å². The SMILES string of the molecule is CC(O)C1CCN(CCCOc2ccccc2CN)C1. The highest BCUT2D eigenvalue weighted by molar-refractivity contribution is 5.32. The van der Waals surface area contributed by atoms with Gasteiger partial charge in [-0.25, -0.2) is 0 Å². The molecule has 0 bridgehead atoms. The van der Waals surface area contributed by atoms with Crippen molar-refractivity contribution in [1.82, 2.24) is 4.90 Å². The van der Waals surface area contributed by atoms with Crippen LogP contribution in [0.25, 0.3) is 0 Å². The summed E-state index contributed by atoms with van der Waals surface area (Å²) in [5.41, 5.74) is 6.74. The van der Waals surface area contributed by atoms with Crippen LogP contribution in [0.1, 0.15) is 25.3 Å². The fourth-order valence-corrected chi connectivity index (χ4v) is 2.74. The molecule has 1 aliphatic heterocycles. The molecule has 0 aromatic heterocycles. The van der Waals surface area contributed by atoms with Gasteiger partial charge in [-0.15, -0.1) is 0 Å². The van der Waals surface area contributed by atoms with Gasteiger partial charge in [-0.05, 0) is 38.3 Å². The molecular formula is C16H26N2O2. The van der Waals surface area contributed by atoms with Crippen LogP contribution in [0.4, 0.5) is 0 Å². The first-order valence-electron chi connectivity index (χ1n) is 7.52. The van der Waals surface area contributed by atoms with Crippen LogP contribution in [0, 0.1) is 5.92 Å². The Morgan fingerprint density at radius 1 is 1.45 bits per heavy atom. The van der Waals surface area contributed by atoms with Gasteiger partial charge in [0.2, 0.25) is 0 Å². The molecule has 2 atom stereocenters. The fourth-order valence-electron chi connectivity index (χ4n) is 2.74. The number of ether oxygens (including phenoxy) is 1. The Balaban J connectivity index is 1.67. The van der Waals surface area contributed by atoms with E-state index in [0.717, 1.165) is 43.8 Å². The molecule has 0 amide bonds. The third-order valence-corrected chi connectivity index (χ3v) is 4.06. The van der Waals surface area contributed by atoms with Gasteiger partial charge in [0.1, 0.15) is 5.75 Å². The predicted octanol–water partition coefficient (Wildman–Crippen LogP) is 1.62. The number of hydrogen-bond donors (Lipinski definition) is 2. The summed E-state index contributed by atoms with van der Waals surface area (Å²) in [5, 5.41) is 9.58. The normalized spacial score (nSPS) is 21.1. The van der Waals surface area contributed by atoms with Crippen molar-refractivity contribution in [2.24, 2.45) is 11.7 Å². The number of hydrogen-bond acceptors (Lipinski definition) is 4. The number of aliphatic hydroxyl groups excluding tert-OH is 1. The molecular weight excluding hydrogens is 252 g/mol. The van der Waals surface area contributed by atoms with Crippen LogP contribution in [0.15, 0.2) is 24.3 Å². The van der Waals surface area contributed by atoms with Crippen molar-refractivity contribution in [3.63, 3.8) is 0 Å². The third-order valence-electron chi connectivity index (χ3n) is 4.06. The van der Waals surface area contributed by atoms with E-state index in [1.165, 1.54) is 0 Å². The minimum Gasteiger partial charge on any atom is -0.493 e. The van der Waals surface area contributed by atoms with Crippen LogP contribution >= 0.6 is 0 Å². The molecule has 1 saturated heterocycles. The predicted molar refractivity (Wildman–Crippen MR) is 80.7 cm³/mol. The van der Waals surface area contributed by atoms with Crippen molar-refractivity contribution in [3.8, 4) is 5.75 Å². The van der Waals surface area contributed by atoms with Gasteiger partial charge in [-0.1, -0.05) is 18.2 Å². The average molecular weight is 278 g/mol. The van der Waals surface area contributed by atoms with Crippen LogP contribution < -0.4 is 10.5 Å². The van der Waals surface area contributed by atoms with E-state index >= 15 is 0 Å². The minimum atomic E-state index is -0.187. The van der Waals surface area contributed by atoms with E-state index in [1.807, 2.05) is 31.2 Å². The number of aliphatic hydroxyl groups is 1. The molecule has 0 aliphatic carbocycles. The van der Waals surface area contributed by atoms with Crippen LogP contribution in [-0.4, -0.2) is 42.4 Å². The van der Waals surface area contributed by atoms with Crippen molar-refractivity contribution in [1.29, 1.82) is 0 Å². The molecule has 4 heteroatoms. The van der Waals surface area contributed by atoms with E-state index < -0.39 is 0 Å². The Morgan fingerprint density at radius 3 is 2.95 bits per heavy atom. The second-order valence-corrected chi connectivity index (χ2v) is 5.60.